The number of aromatic nitrogens is 2. The van der Waals surface area contributed by atoms with Gasteiger partial charge in [0, 0.05) is 11.9 Å². The third-order valence-electron chi connectivity index (χ3n) is 5.13. The van der Waals surface area contributed by atoms with Crippen molar-refractivity contribution in [3.05, 3.63) is 102 Å². The van der Waals surface area contributed by atoms with Gasteiger partial charge < -0.3 is 20.5 Å². The number of benzene rings is 3. The van der Waals surface area contributed by atoms with Gasteiger partial charge in [0.1, 0.15) is 18.0 Å². The van der Waals surface area contributed by atoms with Gasteiger partial charge in [-0.3, -0.25) is 14.3 Å². The predicted octanol–water partition coefficient (Wildman–Crippen LogP) is 4.08. The van der Waals surface area contributed by atoms with Crippen LogP contribution in [0.1, 0.15) is 21.5 Å². The number of nitrogens with zero attached hydrogens (tertiary/aromatic N) is 2. The smallest absolute Gasteiger partial charge is 0.259 e. The first-order chi connectivity index (χ1) is 16.5. The van der Waals surface area contributed by atoms with E-state index in [4.69, 9.17) is 4.74 Å². The molecule has 3 aromatic carbocycles. The Bertz CT molecular complexity index is 1280. The lowest BCUT2D eigenvalue weighted by Crippen LogP contribution is -2.19. The molecular weight excluding hydrogens is 432 g/mol. The van der Waals surface area contributed by atoms with Crippen LogP contribution >= 0.6 is 0 Å². The zero-order valence-corrected chi connectivity index (χ0v) is 18.6. The molecule has 4 rings (SSSR count). The zero-order chi connectivity index (χ0) is 23.9. The number of anilines is 2. The van der Waals surface area contributed by atoms with Crippen LogP contribution in [0.3, 0.4) is 0 Å². The topological polar surface area (TPSA) is 105 Å². The van der Waals surface area contributed by atoms with Crippen molar-refractivity contribution in [3.8, 4) is 11.5 Å². The molecule has 34 heavy (non-hydrogen) atoms. The summed E-state index contributed by atoms with van der Waals surface area (Å²) in [5, 5.41) is 19.8. The second-order valence-corrected chi connectivity index (χ2v) is 7.67. The minimum Gasteiger partial charge on any atom is -0.507 e. The van der Waals surface area contributed by atoms with Gasteiger partial charge in [-0.2, -0.15) is 5.10 Å². The average Bonchev–Trinajstić information content (AvgIpc) is 3.27. The van der Waals surface area contributed by atoms with E-state index in [1.807, 2.05) is 30.3 Å². The Morgan fingerprint density at radius 1 is 0.941 bits per heavy atom. The van der Waals surface area contributed by atoms with Crippen molar-refractivity contribution < 1.29 is 19.4 Å². The molecule has 0 saturated carbocycles. The number of nitrogens with one attached hydrogen (secondary N) is 2. The number of aromatic hydroxyl groups is 1. The molecule has 0 aliphatic carbocycles. The summed E-state index contributed by atoms with van der Waals surface area (Å²) in [6.45, 7) is -0.0281. The van der Waals surface area contributed by atoms with E-state index in [0.29, 0.717) is 23.5 Å². The molecule has 0 unspecified atom stereocenters. The van der Waals surface area contributed by atoms with E-state index in [2.05, 4.69) is 15.7 Å². The summed E-state index contributed by atoms with van der Waals surface area (Å²) in [5.41, 5.74) is 3.22. The van der Waals surface area contributed by atoms with Crippen molar-refractivity contribution in [2.75, 3.05) is 17.7 Å². The van der Waals surface area contributed by atoms with Crippen LogP contribution in [-0.2, 0) is 17.8 Å². The minimum absolute atomic E-state index is 0.0281. The van der Waals surface area contributed by atoms with Gasteiger partial charge >= 0.3 is 0 Å². The second-order valence-electron chi connectivity index (χ2n) is 7.67. The highest BCUT2D eigenvalue weighted by Gasteiger charge is 2.14. The van der Waals surface area contributed by atoms with Gasteiger partial charge in [0.2, 0.25) is 5.91 Å². The number of carbonyl (C=O) groups is 2. The number of ether oxygens (including phenoxy) is 1. The first-order valence-electron chi connectivity index (χ1n) is 10.6. The summed E-state index contributed by atoms with van der Waals surface area (Å²) in [5.74, 6) is -0.144. The van der Waals surface area contributed by atoms with Gasteiger partial charge in [0.15, 0.2) is 0 Å². The van der Waals surface area contributed by atoms with Crippen LogP contribution in [0, 0.1) is 0 Å². The van der Waals surface area contributed by atoms with Crippen molar-refractivity contribution in [2.24, 2.45) is 0 Å². The van der Waals surface area contributed by atoms with Gasteiger partial charge in [-0.25, -0.2) is 0 Å². The number of phenols is 1. The van der Waals surface area contributed by atoms with E-state index >= 15 is 0 Å². The Morgan fingerprint density at radius 2 is 1.71 bits per heavy atom. The van der Waals surface area contributed by atoms with Gasteiger partial charge in [0.25, 0.3) is 5.91 Å². The number of hydrogen-bond donors (Lipinski definition) is 3. The number of carbonyl (C=O) groups excluding carboxylic acids is 2. The van der Waals surface area contributed by atoms with Crippen molar-refractivity contribution >= 4 is 23.2 Å². The highest BCUT2D eigenvalue weighted by molar-refractivity contribution is 6.06. The number of amides is 2. The van der Waals surface area contributed by atoms with Crippen LogP contribution in [0.2, 0.25) is 0 Å². The first-order valence-corrected chi connectivity index (χ1v) is 10.6. The molecule has 0 spiro atoms. The summed E-state index contributed by atoms with van der Waals surface area (Å²) in [4.78, 5) is 25.1. The van der Waals surface area contributed by atoms with Crippen molar-refractivity contribution in [3.63, 3.8) is 0 Å². The number of hydrogen-bond acceptors (Lipinski definition) is 5. The third-order valence-corrected chi connectivity index (χ3v) is 5.13. The summed E-state index contributed by atoms with van der Waals surface area (Å²) in [7, 11) is 1.57. The molecule has 0 saturated heterocycles. The van der Waals surface area contributed by atoms with E-state index in [1.54, 1.807) is 49.7 Å². The highest BCUT2D eigenvalue weighted by Crippen LogP contribution is 2.22. The Labute approximate surface area is 196 Å². The molecule has 0 aliphatic rings. The number of rotatable bonds is 8. The van der Waals surface area contributed by atoms with Crippen LogP contribution in [0.15, 0.2) is 85.2 Å². The van der Waals surface area contributed by atoms with Crippen molar-refractivity contribution in [1.29, 1.82) is 0 Å². The molecule has 0 atom stereocenters. The fourth-order valence-corrected chi connectivity index (χ4v) is 3.44. The van der Waals surface area contributed by atoms with E-state index in [0.717, 1.165) is 11.1 Å². The lowest BCUT2D eigenvalue weighted by atomic mass is 10.0. The molecule has 8 nitrogen and oxygen atoms in total. The van der Waals surface area contributed by atoms with Gasteiger partial charge in [0.05, 0.1) is 24.6 Å². The standard InChI is InChI=1S/C26H24N4O4/c1-34-22-10-8-20(9-11-22)28-25(32)17-30-16-21(15-27-30)29-26(33)23-14-19(7-12-24(23)31)13-18-5-3-2-4-6-18/h2-12,14-16,31H,13,17H2,1H3,(H,28,32)(H,29,33). The number of methoxy groups -OCH3 is 1. The monoisotopic (exact) mass is 456 g/mol. The Morgan fingerprint density at radius 3 is 2.44 bits per heavy atom. The molecule has 8 heteroatoms. The molecule has 4 aromatic rings. The van der Waals surface area contributed by atoms with Crippen LogP contribution in [-0.4, -0.2) is 33.8 Å². The van der Waals surface area contributed by atoms with Gasteiger partial charge in [-0.15, -0.1) is 0 Å². The van der Waals surface area contributed by atoms with Crippen LogP contribution in [0.25, 0.3) is 0 Å². The number of phenolic OH excluding ortho intramolecular Hbond substituents is 1. The van der Waals surface area contributed by atoms with Crippen LogP contribution < -0.4 is 15.4 Å². The van der Waals surface area contributed by atoms with E-state index < -0.39 is 5.91 Å². The van der Waals surface area contributed by atoms with E-state index in [9.17, 15) is 14.7 Å². The Balaban J connectivity index is 1.37. The largest absolute Gasteiger partial charge is 0.507 e. The molecular formula is C26H24N4O4. The lowest BCUT2D eigenvalue weighted by molar-refractivity contribution is -0.116. The first kappa shape index (κ1) is 22.6. The molecule has 0 radical (unpaired) electrons. The SMILES string of the molecule is COc1ccc(NC(=O)Cn2cc(NC(=O)c3cc(Cc4ccccc4)ccc3O)cn2)cc1. The van der Waals surface area contributed by atoms with Crippen LogP contribution in [0.5, 0.6) is 11.5 Å². The second kappa shape index (κ2) is 10.4. The maximum absolute atomic E-state index is 12.8. The molecule has 1 aromatic heterocycles. The van der Waals surface area contributed by atoms with Crippen molar-refractivity contribution in [1.82, 2.24) is 9.78 Å². The maximum Gasteiger partial charge on any atom is 0.259 e. The summed E-state index contributed by atoms with van der Waals surface area (Å²) in [6, 6.07) is 21.8. The van der Waals surface area contributed by atoms with Crippen molar-refractivity contribution in [2.45, 2.75) is 13.0 Å². The van der Waals surface area contributed by atoms with Gasteiger partial charge in [-0.05, 0) is 53.9 Å². The highest BCUT2D eigenvalue weighted by atomic mass is 16.5. The van der Waals surface area contributed by atoms with E-state index in [1.165, 1.54) is 16.9 Å². The van der Waals surface area contributed by atoms with Gasteiger partial charge in [-0.1, -0.05) is 36.4 Å². The van der Waals surface area contributed by atoms with E-state index in [-0.39, 0.29) is 23.8 Å². The normalized spacial score (nSPS) is 10.5. The zero-order valence-electron chi connectivity index (χ0n) is 18.6. The molecule has 3 N–H and O–H groups in total. The Hall–Kier alpha value is -4.59. The quantitative estimate of drug-likeness (QED) is 0.371. The minimum atomic E-state index is -0.463. The Kier molecular flexibility index (Phi) is 6.88. The molecule has 0 aliphatic heterocycles. The molecule has 1 heterocycles. The average molecular weight is 457 g/mol. The molecule has 172 valence electrons. The molecule has 0 bridgehead atoms. The maximum atomic E-state index is 12.8. The summed E-state index contributed by atoms with van der Waals surface area (Å²) >= 11 is 0. The fourth-order valence-electron chi connectivity index (χ4n) is 3.44. The summed E-state index contributed by atoms with van der Waals surface area (Å²) < 4.78 is 6.52. The fraction of sp³-hybridized carbons (Fsp3) is 0.115. The predicted molar refractivity (Wildman–Crippen MR) is 129 cm³/mol. The lowest BCUT2D eigenvalue weighted by Gasteiger charge is -2.08. The molecule has 0 fully saturated rings. The van der Waals surface area contributed by atoms with Crippen LogP contribution in [0.4, 0.5) is 11.4 Å². The molecule has 2 amide bonds. The summed E-state index contributed by atoms with van der Waals surface area (Å²) in [6.07, 6.45) is 3.64. The third kappa shape index (κ3) is 5.80.